The standard InChI is InChI=1S/C24H23ClN6O3/c1-13-7-15(14(2)27-16-3-4-19(25)29-21(16)23(32)33)20-17(8-13)28-18(9-26)22(30-20)31-10-24(11-31)5-6-34-12-24/h3-4,7-8,14,27H,5-6,10-12H2,1-2H3,(H,32,33)/t14-/m1/s1. The molecule has 174 valence electrons. The number of carboxylic acid groups (broad SMARTS) is 1. The van der Waals surface area contributed by atoms with Crippen molar-refractivity contribution in [3.05, 3.63) is 51.9 Å². The molecule has 0 radical (unpaired) electrons. The molecule has 2 aliphatic rings. The number of ether oxygens (including phenoxy) is 1. The number of carbonyl (C=O) groups is 1. The molecule has 0 amide bonds. The lowest BCUT2D eigenvalue weighted by Gasteiger charge is -2.47. The van der Waals surface area contributed by atoms with Crippen LogP contribution in [-0.4, -0.2) is 52.3 Å². The van der Waals surface area contributed by atoms with Crippen molar-refractivity contribution >= 4 is 40.1 Å². The summed E-state index contributed by atoms with van der Waals surface area (Å²) in [7, 11) is 0. The number of hydrogen-bond acceptors (Lipinski definition) is 8. The number of aromatic nitrogens is 3. The summed E-state index contributed by atoms with van der Waals surface area (Å²) in [5, 5.41) is 22.6. The number of nitriles is 1. The molecule has 0 saturated carbocycles. The van der Waals surface area contributed by atoms with Gasteiger partial charge in [0.1, 0.15) is 11.2 Å². The van der Waals surface area contributed by atoms with E-state index < -0.39 is 5.97 Å². The van der Waals surface area contributed by atoms with E-state index in [0.29, 0.717) is 28.2 Å². The van der Waals surface area contributed by atoms with Crippen molar-refractivity contribution in [1.82, 2.24) is 15.0 Å². The minimum Gasteiger partial charge on any atom is -0.476 e. The predicted octanol–water partition coefficient (Wildman–Crippen LogP) is 3.96. The number of halogens is 1. The van der Waals surface area contributed by atoms with Gasteiger partial charge in [-0.3, -0.25) is 0 Å². The van der Waals surface area contributed by atoms with Crippen LogP contribution in [0.4, 0.5) is 11.5 Å². The number of pyridine rings is 1. The van der Waals surface area contributed by atoms with Crippen LogP contribution in [0.5, 0.6) is 0 Å². The number of carboxylic acids is 1. The summed E-state index contributed by atoms with van der Waals surface area (Å²) in [5.41, 5.74) is 3.74. The monoisotopic (exact) mass is 478 g/mol. The fourth-order valence-corrected chi connectivity index (χ4v) is 4.93. The molecule has 0 aliphatic carbocycles. The molecule has 2 fully saturated rings. The fourth-order valence-electron chi connectivity index (χ4n) is 4.79. The van der Waals surface area contributed by atoms with Crippen molar-refractivity contribution in [3.63, 3.8) is 0 Å². The normalized spacial score (nSPS) is 17.4. The maximum absolute atomic E-state index is 11.7. The van der Waals surface area contributed by atoms with Gasteiger partial charge in [-0.15, -0.1) is 0 Å². The van der Waals surface area contributed by atoms with Crippen LogP contribution >= 0.6 is 11.6 Å². The quantitative estimate of drug-likeness (QED) is 0.524. The van der Waals surface area contributed by atoms with E-state index in [1.165, 1.54) is 0 Å². The highest BCUT2D eigenvalue weighted by atomic mass is 35.5. The second kappa shape index (κ2) is 8.38. The van der Waals surface area contributed by atoms with E-state index in [9.17, 15) is 15.2 Å². The summed E-state index contributed by atoms with van der Waals surface area (Å²) in [4.78, 5) is 27.2. The Balaban J connectivity index is 1.53. The van der Waals surface area contributed by atoms with Crippen molar-refractivity contribution in [2.75, 3.05) is 36.5 Å². The molecule has 2 N–H and O–H groups in total. The fraction of sp³-hybridized carbons (Fsp3) is 0.375. The molecule has 1 spiro atoms. The zero-order chi connectivity index (χ0) is 24.0. The Morgan fingerprint density at radius 3 is 2.79 bits per heavy atom. The average Bonchev–Trinajstić information content (AvgIpc) is 3.28. The first-order chi connectivity index (χ1) is 16.3. The largest absolute Gasteiger partial charge is 0.476 e. The highest BCUT2D eigenvalue weighted by molar-refractivity contribution is 6.29. The molecule has 1 atom stereocenters. The average molecular weight is 479 g/mol. The zero-order valence-corrected chi connectivity index (χ0v) is 19.6. The van der Waals surface area contributed by atoms with Gasteiger partial charge in [-0.05, 0) is 44.0 Å². The lowest BCUT2D eigenvalue weighted by Crippen LogP contribution is -2.57. The SMILES string of the molecule is Cc1cc([C@@H](C)Nc2ccc(Cl)nc2C(=O)O)c2nc(N3CC4(CCOC4)C3)c(C#N)nc2c1. The van der Waals surface area contributed by atoms with Crippen LogP contribution in [0, 0.1) is 23.7 Å². The number of nitrogens with one attached hydrogen (secondary N) is 1. The molecule has 2 saturated heterocycles. The summed E-state index contributed by atoms with van der Waals surface area (Å²) in [5.74, 6) is -0.598. The van der Waals surface area contributed by atoms with Crippen molar-refractivity contribution in [2.45, 2.75) is 26.3 Å². The first kappa shape index (κ1) is 22.3. The number of anilines is 2. The van der Waals surface area contributed by atoms with Gasteiger partial charge >= 0.3 is 5.97 Å². The molecule has 34 heavy (non-hydrogen) atoms. The van der Waals surface area contributed by atoms with Gasteiger partial charge in [0, 0.05) is 30.7 Å². The third-order valence-electron chi connectivity index (χ3n) is 6.47. The molecular weight excluding hydrogens is 456 g/mol. The number of aromatic carboxylic acids is 1. The van der Waals surface area contributed by atoms with E-state index in [1.807, 2.05) is 26.0 Å². The predicted molar refractivity (Wildman–Crippen MR) is 127 cm³/mol. The van der Waals surface area contributed by atoms with Crippen LogP contribution in [0.25, 0.3) is 11.0 Å². The molecule has 0 unspecified atom stereocenters. The number of rotatable bonds is 5. The third-order valence-corrected chi connectivity index (χ3v) is 6.68. The minimum atomic E-state index is -1.17. The highest BCUT2D eigenvalue weighted by Crippen LogP contribution is 2.41. The topological polar surface area (TPSA) is 124 Å². The smallest absolute Gasteiger partial charge is 0.356 e. The van der Waals surface area contributed by atoms with E-state index in [2.05, 4.69) is 26.3 Å². The molecular formula is C24H23ClN6O3. The van der Waals surface area contributed by atoms with Crippen molar-refractivity contribution in [1.29, 1.82) is 5.26 Å². The van der Waals surface area contributed by atoms with Crippen LogP contribution in [0.2, 0.25) is 5.15 Å². The van der Waals surface area contributed by atoms with Crippen LogP contribution in [0.1, 0.15) is 46.7 Å². The van der Waals surface area contributed by atoms with E-state index in [1.54, 1.807) is 12.1 Å². The third kappa shape index (κ3) is 3.89. The summed E-state index contributed by atoms with van der Waals surface area (Å²) in [6.45, 7) is 6.95. The first-order valence-corrected chi connectivity index (χ1v) is 11.4. The Morgan fingerprint density at radius 1 is 1.32 bits per heavy atom. The van der Waals surface area contributed by atoms with Crippen molar-refractivity contribution in [3.8, 4) is 6.07 Å². The molecule has 2 aromatic heterocycles. The Labute approximate surface area is 201 Å². The Hall–Kier alpha value is -3.48. The van der Waals surface area contributed by atoms with Gasteiger partial charge in [-0.25, -0.2) is 19.7 Å². The van der Waals surface area contributed by atoms with E-state index in [4.69, 9.17) is 21.3 Å². The number of nitrogens with zero attached hydrogens (tertiary/aromatic N) is 5. The number of aryl methyl sites for hydroxylation is 1. The van der Waals surface area contributed by atoms with E-state index >= 15 is 0 Å². The number of benzene rings is 1. The Morgan fingerprint density at radius 2 is 2.12 bits per heavy atom. The van der Waals surface area contributed by atoms with E-state index in [-0.39, 0.29) is 22.3 Å². The van der Waals surface area contributed by atoms with Crippen LogP contribution < -0.4 is 10.2 Å². The molecule has 0 bridgehead atoms. The molecule has 4 heterocycles. The van der Waals surface area contributed by atoms with Gasteiger partial charge < -0.3 is 20.1 Å². The highest BCUT2D eigenvalue weighted by Gasteiger charge is 2.47. The maximum atomic E-state index is 11.7. The molecule has 2 aliphatic heterocycles. The lowest BCUT2D eigenvalue weighted by molar-refractivity contribution is 0.0691. The number of hydrogen-bond donors (Lipinski definition) is 2. The molecule has 3 aromatic rings. The van der Waals surface area contributed by atoms with Crippen LogP contribution in [0.15, 0.2) is 24.3 Å². The van der Waals surface area contributed by atoms with Crippen LogP contribution in [0.3, 0.4) is 0 Å². The zero-order valence-electron chi connectivity index (χ0n) is 18.8. The first-order valence-electron chi connectivity index (χ1n) is 11.0. The van der Waals surface area contributed by atoms with Gasteiger partial charge in [0.2, 0.25) is 0 Å². The Kier molecular flexibility index (Phi) is 5.50. The summed E-state index contributed by atoms with van der Waals surface area (Å²) >= 11 is 5.89. The van der Waals surface area contributed by atoms with Crippen LogP contribution in [-0.2, 0) is 4.74 Å². The summed E-state index contributed by atoms with van der Waals surface area (Å²) in [6, 6.07) is 8.92. The van der Waals surface area contributed by atoms with Crippen molar-refractivity contribution in [2.24, 2.45) is 5.41 Å². The molecule has 9 nitrogen and oxygen atoms in total. The maximum Gasteiger partial charge on any atom is 0.356 e. The minimum absolute atomic E-state index is 0.108. The van der Waals surface area contributed by atoms with Gasteiger partial charge in [0.05, 0.1) is 29.4 Å². The van der Waals surface area contributed by atoms with E-state index in [0.717, 1.165) is 43.9 Å². The van der Waals surface area contributed by atoms with Crippen molar-refractivity contribution < 1.29 is 14.6 Å². The molecule has 1 aromatic carbocycles. The Bertz CT molecular complexity index is 1340. The summed E-state index contributed by atoms with van der Waals surface area (Å²) in [6.07, 6.45) is 1.01. The second-order valence-corrected chi connectivity index (χ2v) is 9.48. The number of fused-ring (bicyclic) bond motifs is 1. The van der Waals surface area contributed by atoms with Gasteiger partial charge in [-0.1, -0.05) is 17.7 Å². The molecule has 5 rings (SSSR count). The van der Waals surface area contributed by atoms with Gasteiger partial charge in [-0.2, -0.15) is 5.26 Å². The lowest BCUT2D eigenvalue weighted by atomic mass is 9.79. The van der Waals surface area contributed by atoms with Gasteiger partial charge in [0.25, 0.3) is 0 Å². The second-order valence-electron chi connectivity index (χ2n) is 9.09. The van der Waals surface area contributed by atoms with Gasteiger partial charge in [0.15, 0.2) is 17.2 Å². The summed E-state index contributed by atoms with van der Waals surface area (Å²) < 4.78 is 5.58. The molecule has 10 heteroatoms.